The van der Waals surface area contributed by atoms with Crippen LogP contribution in [0, 0.1) is 0 Å². The van der Waals surface area contributed by atoms with Crippen LogP contribution in [0.4, 0.5) is 0 Å². The highest BCUT2D eigenvalue weighted by atomic mass is 32.1. The molecule has 0 saturated heterocycles. The second-order valence-corrected chi connectivity index (χ2v) is 8.63. The predicted molar refractivity (Wildman–Crippen MR) is 117 cm³/mol. The molecule has 0 atom stereocenters. The summed E-state index contributed by atoms with van der Waals surface area (Å²) in [5.41, 5.74) is 3.05. The molecule has 0 radical (unpaired) electrons. The Hall–Kier alpha value is -2.66. The molecular formula is C24H26N2O2S. The van der Waals surface area contributed by atoms with E-state index in [9.17, 15) is 4.79 Å². The number of thiazole rings is 1. The van der Waals surface area contributed by atoms with Crippen LogP contribution >= 0.6 is 11.3 Å². The molecule has 1 saturated carbocycles. The van der Waals surface area contributed by atoms with Gasteiger partial charge in [-0.25, -0.2) is 4.98 Å². The van der Waals surface area contributed by atoms with Crippen molar-refractivity contribution < 1.29 is 9.53 Å². The lowest BCUT2D eigenvalue weighted by Gasteiger charge is -2.29. The molecule has 1 N–H and O–H groups in total. The van der Waals surface area contributed by atoms with Crippen molar-refractivity contribution in [1.29, 1.82) is 0 Å². The SMILES string of the molecule is COc1ccc(Cc2nc(C(=O)NCC3(c4ccccc4)CCCC3)cs2)cc1. The Morgan fingerprint density at radius 1 is 1.10 bits per heavy atom. The number of rotatable bonds is 7. The average molecular weight is 407 g/mol. The van der Waals surface area contributed by atoms with Crippen molar-refractivity contribution in [2.75, 3.05) is 13.7 Å². The van der Waals surface area contributed by atoms with Crippen LogP contribution in [0.15, 0.2) is 60.0 Å². The van der Waals surface area contributed by atoms with Gasteiger partial charge >= 0.3 is 0 Å². The van der Waals surface area contributed by atoms with E-state index in [-0.39, 0.29) is 11.3 Å². The van der Waals surface area contributed by atoms with E-state index in [1.54, 1.807) is 7.11 Å². The first-order valence-electron chi connectivity index (χ1n) is 10.1. The fourth-order valence-electron chi connectivity index (χ4n) is 4.17. The fraction of sp³-hybridized carbons (Fsp3) is 0.333. The maximum atomic E-state index is 12.7. The molecule has 2 aromatic carbocycles. The van der Waals surface area contributed by atoms with Crippen LogP contribution in [0.1, 0.15) is 52.3 Å². The Morgan fingerprint density at radius 3 is 2.52 bits per heavy atom. The second kappa shape index (κ2) is 8.78. The number of ether oxygens (including phenoxy) is 1. The summed E-state index contributed by atoms with van der Waals surface area (Å²) in [6.07, 6.45) is 5.39. The van der Waals surface area contributed by atoms with Gasteiger partial charge in [-0.3, -0.25) is 4.79 Å². The van der Waals surface area contributed by atoms with E-state index >= 15 is 0 Å². The zero-order valence-electron chi connectivity index (χ0n) is 16.7. The molecule has 4 rings (SSSR count). The van der Waals surface area contributed by atoms with Crippen molar-refractivity contribution >= 4 is 17.2 Å². The molecule has 1 aliphatic rings. The van der Waals surface area contributed by atoms with Crippen LogP contribution in [0.3, 0.4) is 0 Å². The molecule has 0 unspecified atom stereocenters. The molecule has 29 heavy (non-hydrogen) atoms. The number of hydrogen-bond acceptors (Lipinski definition) is 4. The minimum absolute atomic E-state index is 0.0544. The van der Waals surface area contributed by atoms with E-state index in [0.717, 1.165) is 35.6 Å². The van der Waals surface area contributed by atoms with Crippen molar-refractivity contribution in [3.8, 4) is 5.75 Å². The molecule has 1 amide bonds. The van der Waals surface area contributed by atoms with Gasteiger partial charge in [0.25, 0.3) is 5.91 Å². The van der Waals surface area contributed by atoms with E-state index < -0.39 is 0 Å². The highest BCUT2D eigenvalue weighted by molar-refractivity contribution is 7.09. The zero-order valence-corrected chi connectivity index (χ0v) is 17.5. The molecule has 5 heteroatoms. The maximum Gasteiger partial charge on any atom is 0.270 e. The number of amides is 1. The number of hydrogen-bond donors (Lipinski definition) is 1. The number of carbonyl (C=O) groups excluding carboxylic acids is 1. The highest BCUT2D eigenvalue weighted by Crippen LogP contribution is 2.40. The van der Waals surface area contributed by atoms with Crippen molar-refractivity contribution in [3.05, 3.63) is 81.8 Å². The third-order valence-electron chi connectivity index (χ3n) is 5.83. The van der Waals surface area contributed by atoms with Gasteiger partial charge in [0, 0.05) is 23.8 Å². The van der Waals surface area contributed by atoms with E-state index in [2.05, 4.69) is 34.6 Å². The summed E-state index contributed by atoms with van der Waals surface area (Å²) in [5, 5.41) is 5.96. The van der Waals surface area contributed by atoms with Gasteiger partial charge < -0.3 is 10.1 Å². The topological polar surface area (TPSA) is 51.2 Å². The number of nitrogens with one attached hydrogen (secondary N) is 1. The van der Waals surface area contributed by atoms with Crippen molar-refractivity contribution in [3.63, 3.8) is 0 Å². The first-order valence-corrected chi connectivity index (χ1v) is 11.0. The molecule has 0 aliphatic heterocycles. The summed E-state index contributed by atoms with van der Waals surface area (Å²) >= 11 is 1.53. The zero-order chi connectivity index (χ0) is 20.1. The lowest BCUT2D eigenvalue weighted by atomic mass is 9.79. The van der Waals surface area contributed by atoms with Gasteiger partial charge in [-0.2, -0.15) is 0 Å². The molecule has 150 valence electrons. The average Bonchev–Trinajstić information content (AvgIpc) is 3.44. The summed E-state index contributed by atoms with van der Waals surface area (Å²) < 4.78 is 5.20. The highest BCUT2D eigenvalue weighted by Gasteiger charge is 2.35. The summed E-state index contributed by atoms with van der Waals surface area (Å²) in [6.45, 7) is 0.668. The quantitative estimate of drug-likeness (QED) is 0.602. The number of aromatic nitrogens is 1. The van der Waals surface area contributed by atoms with Crippen LogP contribution in [0.25, 0.3) is 0 Å². The normalized spacial score (nSPS) is 15.2. The minimum Gasteiger partial charge on any atom is -0.497 e. The Labute approximate surface area is 176 Å². The van der Waals surface area contributed by atoms with Crippen LogP contribution < -0.4 is 10.1 Å². The number of nitrogens with zero attached hydrogens (tertiary/aromatic N) is 1. The van der Waals surface area contributed by atoms with Crippen molar-refractivity contribution in [2.24, 2.45) is 0 Å². The molecule has 1 aromatic heterocycles. The van der Waals surface area contributed by atoms with Crippen LogP contribution in [0.5, 0.6) is 5.75 Å². The van der Waals surface area contributed by atoms with E-state index in [4.69, 9.17) is 4.74 Å². The van der Waals surface area contributed by atoms with Crippen molar-refractivity contribution in [1.82, 2.24) is 10.3 Å². The number of carbonyl (C=O) groups is 1. The number of benzene rings is 2. The Balaban J connectivity index is 1.40. The van der Waals surface area contributed by atoms with Gasteiger partial charge in [-0.1, -0.05) is 55.3 Å². The molecule has 3 aromatic rings. The summed E-state index contributed by atoms with van der Waals surface area (Å²) in [7, 11) is 1.66. The van der Waals surface area contributed by atoms with Crippen molar-refractivity contribution in [2.45, 2.75) is 37.5 Å². The van der Waals surface area contributed by atoms with Gasteiger partial charge in [-0.15, -0.1) is 11.3 Å². The Kier molecular flexibility index (Phi) is 5.95. The van der Waals surface area contributed by atoms with Crippen LogP contribution in [-0.2, 0) is 11.8 Å². The molecule has 1 aliphatic carbocycles. The second-order valence-electron chi connectivity index (χ2n) is 7.69. The summed E-state index contributed by atoms with van der Waals surface area (Å²) in [5.74, 6) is 0.761. The van der Waals surface area contributed by atoms with Gasteiger partial charge in [0.15, 0.2) is 0 Å². The number of methoxy groups -OCH3 is 1. The lowest BCUT2D eigenvalue weighted by molar-refractivity contribution is 0.0938. The molecule has 1 fully saturated rings. The Morgan fingerprint density at radius 2 is 1.83 bits per heavy atom. The first kappa shape index (κ1) is 19.6. The predicted octanol–water partition coefficient (Wildman–Crippen LogP) is 4.98. The third-order valence-corrected chi connectivity index (χ3v) is 6.68. The van der Waals surface area contributed by atoms with Gasteiger partial charge in [0.1, 0.15) is 11.4 Å². The van der Waals surface area contributed by atoms with Gasteiger partial charge in [0.2, 0.25) is 0 Å². The van der Waals surface area contributed by atoms with E-state index in [1.165, 1.54) is 29.7 Å². The summed E-state index contributed by atoms with van der Waals surface area (Å²) in [4.78, 5) is 17.3. The van der Waals surface area contributed by atoms with E-state index in [0.29, 0.717) is 12.2 Å². The summed E-state index contributed by atoms with van der Waals surface area (Å²) in [6, 6.07) is 18.5. The van der Waals surface area contributed by atoms with E-state index in [1.807, 2.05) is 35.7 Å². The minimum atomic E-state index is -0.0792. The molecule has 1 heterocycles. The smallest absolute Gasteiger partial charge is 0.270 e. The molecule has 4 nitrogen and oxygen atoms in total. The maximum absolute atomic E-state index is 12.7. The standard InChI is InChI=1S/C24H26N2O2S/c1-28-20-11-9-18(10-12-20)15-22-26-21(16-29-22)23(27)25-17-24(13-5-6-14-24)19-7-3-2-4-8-19/h2-4,7-12,16H,5-6,13-15,17H2,1H3,(H,25,27). The fourth-order valence-corrected chi connectivity index (χ4v) is 4.97. The van der Waals surface area contributed by atoms with Gasteiger partial charge in [0.05, 0.1) is 12.1 Å². The third kappa shape index (κ3) is 4.51. The van der Waals surface area contributed by atoms with Crippen LogP contribution in [-0.4, -0.2) is 24.5 Å². The lowest BCUT2D eigenvalue weighted by Crippen LogP contribution is -2.39. The monoisotopic (exact) mass is 406 g/mol. The van der Waals surface area contributed by atoms with Crippen LogP contribution in [0.2, 0.25) is 0 Å². The molecule has 0 bridgehead atoms. The van der Waals surface area contributed by atoms with Gasteiger partial charge in [-0.05, 0) is 36.1 Å². The molecular weight excluding hydrogens is 380 g/mol. The molecule has 0 spiro atoms. The largest absolute Gasteiger partial charge is 0.497 e. The first-order chi connectivity index (χ1) is 14.2. The Bertz CT molecular complexity index is 945.